The van der Waals surface area contributed by atoms with Gasteiger partial charge in [0.2, 0.25) is 5.88 Å². The molecule has 1 heterocycles. The zero-order valence-electron chi connectivity index (χ0n) is 9.28. The summed E-state index contributed by atoms with van der Waals surface area (Å²) >= 11 is 3.09. The summed E-state index contributed by atoms with van der Waals surface area (Å²) in [6.07, 6.45) is -2.03. The van der Waals surface area contributed by atoms with E-state index in [0.29, 0.717) is 4.47 Å². The van der Waals surface area contributed by atoms with Crippen LogP contribution >= 0.6 is 15.9 Å². The van der Waals surface area contributed by atoms with Crippen molar-refractivity contribution in [1.29, 1.82) is 0 Å². The van der Waals surface area contributed by atoms with Gasteiger partial charge < -0.3 is 10.5 Å². The Hall–Kier alpha value is -1.83. The van der Waals surface area contributed by atoms with E-state index in [9.17, 15) is 13.2 Å². The lowest BCUT2D eigenvalue weighted by atomic mass is 10.1. The molecule has 0 radical (unpaired) electrons. The molecule has 2 N–H and O–H groups in total. The molecule has 0 aliphatic rings. The molecule has 0 amide bonds. The first-order valence-electron chi connectivity index (χ1n) is 4.98. The topological polar surface area (TPSA) is 61.0 Å². The highest BCUT2D eigenvalue weighted by Gasteiger charge is 2.35. The Kier molecular flexibility index (Phi) is 3.61. The minimum atomic E-state index is -4.57. The molecule has 0 unspecified atom stereocenters. The molecule has 19 heavy (non-hydrogen) atoms. The van der Waals surface area contributed by atoms with Crippen molar-refractivity contribution in [1.82, 2.24) is 9.97 Å². The number of nitrogen functional groups attached to an aromatic ring is 1. The van der Waals surface area contributed by atoms with Gasteiger partial charge in [0, 0.05) is 11.9 Å². The van der Waals surface area contributed by atoms with Gasteiger partial charge in [-0.05, 0) is 34.1 Å². The van der Waals surface area contributed by atoms with E-state index in [1.165, 1.54) is 18.6 Å². The predicted octanol–water partition coefficient (Wildman–Crippen LogP) is 3.63. The number of anilines is 1. The normalized spacial score (nSPS) is 11.4. The summed E-state index contributed by atoms with van der Waals surface area (Å²) in [7, 11) is 0. The summed E-state index contributed by atoms with van der Waals surface area (Å²) in [6.45, 7) is 0. The number of benzene rings is 1. The van der Waals surface area contributed by atoms with Crippen LogP contribution < -0.4 is 10.5 Å². The van der Waals surface area contributed by atoms with Crippen LogP contribution in [0.2, 0.25) is 0 Å². The van der Waals surface area contributed by atoms with E-state index in [4.69, 9.17) is 10.5 Å². The second kappa shape index (κ2) is 5.04. The standard InChI is InChI=1S/C11H7BrF3N3O/c12-8-4-17-5-18-10(8)19-9-2-1-6(16)3-7(9)11(13,14)15/h1-5H,16H2. The third-order valence-corrected chi connectivity index (χ3v) is 2.69. The molecule has 100 valence electrons. The number of halogens is 4. The van der Waals surface area contributed by atoms with Crippen molar-refractivity contribution >= 4 is 21.6 Å². The summed E-state index contributed by atoms with van der Waals surface area (Å²) in [4.78, 5) is 7.43. The van der Waals surface area contributed by atoms with Crippen molar-refractivity contribution < 1.29 is 17.9 Å². The second-order valence-corrected chi connectivity index (χ2v) is 4.39. The molecule has 0 atom stereocenters. The molecular formula is C11H7BrF3N3O. The summed E-state index contributed by atoms with van der Waals surface area (Å²) in [5.41, 5.74) is 4.40. The van der Waals surface area contributed by atoms with Crippen molar-refractivity contribution in [3.8, 4) is 11.6 Å². The minimum Gasteiger partial charge on any atom is -0.437 e. The number of rotatable bonds is 2. The van der Waals surface area contributed by atoms with E-state index >= 15 is 0 Å². The highest BCUT2D eigenvalue weighted by molar-refractivity contribution is 9.10. The van der Waals surface area contributed by atoms with Crippen LogP contribution in [0.15, 0.2) is 35.2 Å². The van der Waals surface area contributed by atoms with Gasteiger partial charge >= 0.3 is 6.18 Å². The van der Waals surface area contributed by atoms with Crippen LogP contribution in [-0.4, -0.2) is 9.97 Å². The van der Waals surface area contributed by atoms with Crippen LogP contribution in [0.5, 0.6) is 11.6 Å². The fourth-order valence-electron chi connectivity index (χ4n) is 1.34. The molecule has 8 heteroatoms. The maximum Gasteiger partial charge on any atom is 0.420 e. The predicted molar refractivity (Wildman–Crippen MR) is 65.7 cm³/mol. The molecule has 1 aromatic heterocycles. The number of nitrogens with zero attached hydrogens (tertiary/aromatic N) is 2. The van der Waals surface area contributed by atoms with Crippen LogP contribution in [-0.2, 0) is 6.18 Å². The molecule has 0 saturated heterocycles. The Bertz CT molecular complexity index is 604. The van der Waals surface area contributed by atoms with E-state index in [0.717, 1.165) is 12.1 Å². The lowest BCUT2D eigenvalue weighted by molar-refractivity contribution is -0.138. The van der Waals surface area contributed by atoms with Gasteiger partial charge in [-0.15, -0.1) is 0 Å². The number of alkyl halides is 3. The average molecular weight is 334 g/mol. The molecule has 0 fully saturated rings. The van der Waals surface area contributed by atoms with Gasteiger partial charge in [-0.25, -0.2) is 9.97 Å². The lowest BCUT2D eigenvalue weighted by Gasteiger charge is -2.14. The molecule has 0 aliphatic heterocycles. The van der Waals surface area contributed by atoms with Crippen LogP contribution in [0, 0.1) is 0 Å². The van der Waals surface area contributed by atoms with Crippen LogP contribution in [0.4, 0.5) is 18.9 Å². The number of hydrogen-bond acceptors (Lipinski definition) is 4. The third kappa shape index (κ3) is 3.14. The molecule has 4 nitrogen and oxygen atoms in total. The van der Waals surface area contributed by atoms with Gasteiger partial charge in [0.25, 0.3) is 0 Å². The molecule has 2 rings (SSSR count). The molecule has 1 aromatic carbocycles. The van der Waals surface area contributed by atoms with Gasteiger partial charge in [0.1, 0.15) is 17.6 Å². The minimum absolute atomic E-state index is 0.00132. The zero-order valence-corrected chi connectivity index (χ0v) is 10.9. The zero-order chi connectivity index (χ0) is 14.0. The first-order chi connectivity index (χ1) is 8.88. The Labute approximate surface area is 114 Å². The van der Waals surface area contributed by atoms with Gasteiger partial charge in [-0.3, -0.25) is 0 Å². The lowest BCUT2D eigenvalue weighted by Crippen LogP contribution is -2.08. The SMILES string of the molecule is Nc1ccc(Oc2ncncc2Br)c(C(F)(F)F)c1. The van der Waals surface area contributed by atoms with Gasteiger partial charge in [0.05, 0.1) is 4.47 Å². The van der Waals surface area contributed by atoms with E-state index in [1.807, 2.05) is 0 Å². The van der Waals surface area contributed by atoms with Crippen molar-refractivity contribution in [3.63, 3.8) is 0 Å². The average Bonchev–Trinajstić information content (AvgIpc) is 2.33. The van der Waals surface area contributed by atoms with Crippen LogP contribution in [0.1, 0.15) is 5.56 Å². The van der Waals surface area contributed by atoms with E-state index in [-0.39, 0.29) is 17.3 Å². The first kappa shape index (κ1) is 13.6. The molecule has 2 aromatic rings. The van der Waals surface area contributed by atoms with Crippen molar-refractivity contribution in [3.05, 3.63) is 40.8 Å². The monoisotopic (exact) mass is 333 g/mol. The second-order valence-electron chi connectivity index (χ2n) is 3.53. The summed E-state index contributed by atoms with van der Waals surface area (Å²) in [5.74, 6) is -0.383. The van der Waals surface area contributed by atoms with Gasteiger partial charge in [-0.1, -0.05) is 0 Å². The van der Waals surface area contributed by atoms with E-state index < -0.39 is 11.7 Å². The van der Waals surface area contributed by atoms with Crippen molar-refractivity contribution in [2.24, 2.45) is 0 Å². The molecule has 0 spiro atoms. The van der Waals surface area contributed by atoms with Gasteiger partial charge in [0.15, 0.2) is 0 Å². The first-order valence-corrected chi connectivity index (χ1v) is 5.77. The van der Waals surface area contributed by atoms with Crippen molar-refractivity contribution in [2.45, 2.75) is 6.18 Å². The maximum atomic E-state index is 12.9. The van der Waals surface area contributed by atoms with Crippen LogP contribution in [0.3, 0.4) is 0 Å². The summed E-state index contributed by atoms with van der Waals surface area (Å²) in [5, 5.41) is 0. The number of hydrogen-bond donors (Lipinski definition) is 1. The van der Waals surface area contributed by atoms with Gasteiger partial charge in [-0.2, -0.15) is 13.2 Å². The maximum absolute atomic E-state index is 12.9. The Morgan fingerprint density at radius 3 is 2.63 bits per heavy atom. The van der Waals surface area contributed by atoms with E-state index in [2.05, 4.69) is 25.9 Å². The smallest absolute Gasteiger partial charge is 0.420 e. The highest BCUT2D eigenvalue weighted by Crippen LogP contribution is 2.39. The van der Waals surface area contributed by atoms with Crippen LogP contribution in [0.25, 0.3) is 0 Å². The Morgan fingerprint density at radius 2 is 2.00 bits per heavy atom. The molecule has 0 saturated carbocycles. The third-order valence-electron chi connectivity index (χ3n) is 2.15. The Morgan fingerprint density at radius 1 is 1.26 bits per heavy atom. The number of aromatic nitrogens is 2. The number of ether oxygens (including phenoxy) is 1. The fraction of sp³-hybridized carbons (Fsp3) is 0.0909. The molecular weight excluding hydrogens is 327 g/mol. The molecule has 0 aliphatic carbocycles. The Balaban J connectivity index is 2.44. The summed E-state index contributed by atoms with van der Waals surface area (Å²) < 4.78 is 44.1. The largest absolute Gasteiger partial charge is 0.437 e. The summed E-state index contributed by atoms with van der Waals surface area (Å²) in [6, 6.07) is 3.27. The van der Waals surface area contributed by atoms with E-state index in [1.54, 1.807) is 0 Å². The fourth-order valence-corrected chi connectivity index (χ4v) is 1.64. The number of nitrogens with two attached hydrogens (primary N) is 1. The highest BCUT2D eigenvalue weighted by atomic mass is 79.9. The van der Waals surface area contributed by atoms with Crippen molar-refractivity contribution in [2.75, 3.05) is 5.73 Å². The molecule has 0 bridgehead atoms. The quantitative estimate of drug-likeness (QED) is 0.852.